The number of hydrogen-bond acceptors (Lipinski definition) is 5. The zero-order valence-electron chi connectivity index (χ0n) is 16.2. The summed E-state index contributed by atoms with van der Waals surface area (Å²) in [6.07, 6.45) is 0.731. The molecule has 150 valence electrons. The Bertz CT molecular complexity index is 988. The van der Waals surface area contributed by atoms with E-state index >= 15 is 0 Å². The number of carbonyl (C=O) groups excluding carboxylic acids is 1. The number of anilines is 1. The smallest absolute Gasteiger partial charge is 0.243 e. The van der Waals surface area contributed by atoms with E-state index in [9.17, 15) is 13.2 Å². The van der Waals surface area contributed by atoms with Crippen LogP contribution in [-0.2, 0) is 14.8 Å². The quantitative estimate of drug-likeness (QED) is 0.828. The van der Waals surface area contributed by atoms with E-state index in [-0.39, 0.29) is 11.4 Å². The Hall–Kier alpha value is -2.58. The molecule has 2 aromatic carbocycles. The Morgan fingerprint density at radius 3 is 2.54 bits per heavy atom. The van der Waals surface area contributed by atoms with Gasteiger partial charge in [-0.25, -0.2) is 8.42 Å². The predicted octanol–water partition coefficient (Wildman–Crippen LogP) is 2.72. The number of ether oxygens (including phenoxy) is 2. The third kappa shape index (κ3) is 4.45. The molecule has 1 N–H and O–H groups in total. The van der Waals surface area contributed by atoms with Crippen LogP contribution >= 0.6 is 0 Å². The second-order valence-corrected chi connectivity index (χ2v) is 8.83. The Morgan fingerprint density at radius 2 is 1.79 bits per heavy atom. The topological polar surface area (TPSA) is 84.9 Å². The fourth-order valence-electron chi connectivity index (χ4n) is 2.83. The number of benzene rings is 2. The number of rotatable bonds is 5. The summed E-state index contributed by atoms with van der Waals surface area (Å²) in [5, 5.41) is 2.77. The van der Waals surface area contributed by atoms with Crippen molar-refractivity contribution in [1.82, 2.24) is 4.31 Å². The van der Waals surface area contributed by atoms with Crippen molar-refractivity contribution >= 4 is 21.6 Å². The maximum absolute atomic E-state index is 12.9. The molecule has 1 aliphatic rings. The Morgan fingerprint density at radius 1 is 1.07 bits per heavy atom. The molecule has 7 nitrogen and oxygen atoms in total. The van der Waals surface area contributed by atoms with Crippen LogP contribution in [0, 0.1) is 13.8 Å². The lowest BCUT2D eigenvalue weighted by Gasteiger charge is -2.18. The van der Waals surface area contributed by atoms with Crippen LogP contribution in [0.15, 0.2) is 41.3 Å². The molecular formula is C20H24N2O5S. The van der Waals surface area contributed by atoms with Gasteiger partial charge in [0.1, 0.15) is 0 Å². The summed E-state index contributed by atoms with van der Waals surface area (Å²) in [6, 6.07) is 10.2. The van der Waals surface area contributed by atoms with Crippen molar-refractivity contribution in [1.29, 1.82) is 0 Å². The lowest BCUT2D eigenvalue weighted by Crippen LogP contribution is -2.35. The first-order chi connectivity index (χ1) is 13.3. The first-order valence-electron chi connectivity index (χ1n) is 9.00. The van der Waals surface area contributed by atoms with E-state index < -0.39 is 15.9 Å². The molecule has 0 unspecified atom stereocenters. The van der Waals surface area contributed by atoms with Crippen molar-refractivity contribution in [2.75, 3.05) is 32.1 Å². The van der Waals surface area contributed by atoms with Crippen LogP contribution < -0.4 is 14.8 Å². The van der Waals surface area contributed by atoms with Gasteiger partial charge in [0.15, 0.2) is 11.5 Å². The Labute approximate surface area is 165 Å². The molecule has 1 heterocycles. The molecule has 0 bridgehead atoms. The average molecular weight is 404 g/mol. The second kappa shape index (κ2) is 8.20. The molecule has 0 saturated heterocycles. The number of carbonyl (C=O) groups is 1. The molecule has 0 aromatic heterocycles. The van der Waals surface area contributed by atoms with Gasteiger partial charge in [0.05, 0.1) is 24.7 Å². The molecule has 0 radical (unpaired) electrons. The highest BCUT2D eigenvalue weighted by atomic mass is 32.2. The first-order valence-corrected chi connectivity index (χ1v) is 10.4. The van der Waals surface area contributed by atoms with Gasteiger partial charge in [0.25, 0.3) is 0 Å². The minimum atomic E-state index is -3.85. The van der Waals surface area contributed by atoms with Gasteiger partial charge in [-0.05, 0) is 43.2 Å². The normalized spacial score (nSPS) is 13.9. The standard InChI is InChI=1S/C20H24N2O5S/c1-14-5-6-15(2)17(11-14)21-20(23)13-22(3)28(24,25)16-7-8-18-19(12-16)27-10-4-9-26-18/h5-8,11-12H,4,9-10,13H2,1-3H3,(H,21,23). The van der Waals surface area contributed by atoms with Crippen LogP contribution in [0.3, 0.4) is 0 Å². The van der Waals surface area contributed by atoms with Crippen molar-refractivity contribution in [2.45, 2.75) is 25.2 Å². The molecule has 2 aromatic rings. The van der Waals surface area contributed by atoms with Gasteiger partial charge in [-0.15, -0.1) is 0 Å². The number of nitrogens with one attached hydrogen (secondary N) is 1. The van der Waals surface area contributed by atoms with Crippen LogP contribution in [0.25, 0.3) is 0 Å². The van der Waals surface area contributed by atoms with Gasteiger partial charge >= 0.3 is 0 Å². The molecule has 1 amide bonds. The van der Waals surface area contributed by atoms with Crippen molar-refractivity contribution in [3.05, 3.63) is 47.5 Å². The Balaban J connectivity index is 1.74. The van der Waals surface area contributed by atoms with Crippen LogP contribution in [0.4, 0.5) is 5.69 Å². The number of sulfonamides is 1. The molecule has 28 heavy (non-hydrogen) atoms. The number of hydrogen-bond donors (Lipinski definition) is 1. The summed E-state index contributed by atoms with van der Waals surface area (Å²) in [5.74, 6) is 0.507. The summed E-state index contributed by atoms with van der Waals surface area (Å²) in [6.45, 7) is 4.50. The van der Waals surface area contributed by atoms with Gasteiger partial charge < -0.3 is 14.8 Å². The zero-order chi connectivity index (χ0) is 20.3. The minimum Gasteiger partial charge on any atom is -0.490 e. The monoisotopic (exact) mass is 404 g/mol. The molecule has 8 heteroatoms. The maximum Gasteiger partial charge on any atom is 0.243 e. The summed E-state index contributed by atoms with van der Waals surface area (Å²) < 4.78 is 37.8. The first kappa shape index (κ1) is 20.2. The predicted molar refractivity (Wildman–Crippen MR) is 106 cm³/mol. The van der Waals surface area contributed by atoms with E-state index in [1.165, 1.54) is 19.2 Å². The minimum absolute atomic E-state index is 0.0544. The summed E-state index contributed by atoms with van der Waals surface area (Å²) in [4.78, 5) is 12.4. The molecule has 1 aliphatic heterocycles. The lowest BCUT2D eigenvalue weighted by atomic mass is 10.1. The summed E-state index contributed by atoms with van der Waals surface area (Å²) >= 11 is 0. The molecular weight excluding hydrogens is 380 g/mol. The SMILES string of the molecule is Cc1ccc(C)c(NC(=O)CN(C)S(=O)(=O)c2ccc3c(c2)OCCCO3)c1. The van der Waals surface area contributed by atoms with Crippen molar-refractivity contribution in [2.24, 2.45) is 0 Å². The number of fused-ring (bicyclic) bond motifs is 1. The van der Waals surface area contributed by atoms with Crippen molar-refractivity contribution in [3.63, 3.8) is 0 Å². The van der Waals surface area contributed by atoms with Crippen molar-refractivity contribution in [3.8, 4) is 11.5 Å². The number of likely N-dealkylation sites (N-methyl/N-ethyl adjacent to an activating group) is 1. The fraction of sp³-hybridized carbons (Fsp3) is 0.350. The molecule has 0 atom stereocenters. The largest absolute Gasteiger partial charge is 0.490 e. The lowest BCUT2D eigenvalue weighted by molar-refractivity contribution is -0.116. The van der Waals surface area contributed by atoms with Gasteiger partial charge in [0.2, 0.25) is 15.9 Å². The average Bonchev–Trinajstić information content (AvgIpc) is 2.89. The van der Waals surface area contributed by atoms with Gasteiger partial charge in [-0.1, -0.05) is 12.1 Å². The fourth-order valence-corrected chi connectivity index (χ4v) is 3.97. The third-order valence-corrected chi connectivity index (χ3v) is 6.26. The molecule has 0 spiro atoms. The van der Waals surface area contributed by atoms with E-state index in [4.69, 9.17) is 9.47 Å². The molecule has 0 aliphatic carbocycles. The highest BCUT2D eigenvalue weighted by molar-refractivity contribution is 7.89. The van der Waals surface area contributed by atoms with Crippen LogP contribution in [0.1, 0.15) is 17.5 Å². The van der Waals surface area contributed by atoms with E-state index in [1.807, 2.05) is 32.0 Å². The molecule has 3 rings (SSSR count). The van der Waals surface area contributed by atoms with E-state index in [1.54, 1.807) is 6.07 Å². The van der Waals surface area contributed by atoms with Crippen LogP contribution in [-0.4, -0.2) is 45.4 Å². The highest BCUT2D eigenvalue weighted by Crippen LogP contribution is 2.32. The van der Waals surface area contributed by atoms with Gasteiger partial charge in [-0.2, -0.15) is 4.31 Å². The van der Waals surface area contributed by atoms with Crippen LogP contribution in [0.5, 0.6) is 11.5 Å². The third-order valence-electron chi connectivity index (χ3n) is 4.46. The van der Waals surface area contributed by atoms with Gasteiger partial charge in [-0.3, -0.25) is 4.79 Å². The van der Waals surface area contributed by atoms with E-state index in [0.717, 1.165) is 21.9 Å². The number of aryl methyl sites for hydroxylation is 2. The molecule has 0 saturated carbocycles. The zero-order valence-corrected chi connectivity index (χ0v) is 17.0. The highest BCUT2D eigenvalue weighted by Gasteiger charge is 2.25. The number of nitrogens with zero attached hydrogens (tertiary/aromatic N) is 1. The van der Waals surface area contributed by atoms with E-state index in [2.05, 4.69) is 5.32 Å². The maximum atomic E-state index is 12.9. The summed E-state index contributed by atoms with van der Waals surface area (Å²) in [5.41, 5.74) is 2.59. The molecule has 0 fully saturated rings. The second-order valence-electron chi connectivity index (χ2n) is 6.79. The van der Waals surface area contributed by atoms with Crippen LogP contribution in [0.2, 0.25) is 0 Å². The van der Waals surface area contributed by atoms with Gasteiger partial charge in [0, 0.05) is 25.2 Å². The Kier molecular flexibility index (Phi) is 5.90. The van der Waals surface area contributed by atoms with Crippen molar-refractivity contribution < 1.29 is 22.7 Å². The number of amides is 1. The van der Waals surface area contributed by atoms with E-state index in [0.29, 0.717) is 30.4 Å². The summed E-state index contributed by atoms with van der Waals surface area (Å²) in [7, 11) is -2.48.